The van der Waals surface area contributed by atoms with Crippen molar-refractivity contribution in [2.45, 2.75) is 31.9 Å². The van der Waals surface area contributed by atoms with Crippen LogP contribution >= 0.6 is 11.6 Å². The Bertz CT molecular complexity index is 611. The van der Waals surface area contributed by atoms with Crippen molar-refractivity contribution in [3.63, 3.8) is 0 Å². The molecule has 7 heteroatoms. The number of aliphatic imine (C=N–C) groups is 1. The zero-order chi connectivity index (χ0) is 19.8. The number of hydrogen-bond donors (Lipinski definition) is 1. The lowest BCUT2D eigenvalue weighted by atomic mass is 10.0. The third-order valence-electron chi connectivity index (χ3n) is 5.55. The Labute approximate surface area is 173 Å². The van der Waals surface area contributed by atoms with Crippen molar-refractivity contribution in [2.24, 2.45) is 4.99 Å². The van der Waals surface area contributed by atoms with Gasteiger partial charge in [-0.05, 0) is 37.5 Å². The summed E-state index contributed by atoms with van der Waals surface area (Å²) in [5.74, 6) is 0.974. The molecule has 1 aromatic rings. The van der Waals surface area contributed by atoms with Gasteiger partial charge in [-0.3, -0.25) is 9.89 Å². The largest absolute Gasteiger partial charge is 0.379 e. The summed E-state index contributed by atoms with van der Waals surface area (Å²) in [6.45, 7) is 9.06. The number of rotatable bonds is 6. The highest BCUT2D eigenvalue weighted by molar-refractivity contribution is 6.30. The molecule has 1 aromatic carbocycles. The average Bonchev–Trinajstić information content (AvgIpc) is 2.74. The van der Waals surface area contributed by atoms with Crippen molar-refractivity contribution in [1.82, 2.24) is 15.1 Å². The molecular formula is C21H33ClN4O2. The molecule has 2 saturated heterocycles. The Morgan fingerprint density at radius 1 is 1.21 bits per heavy atom. The predicted molar refractivity (Wildman–Crippen MR) is 114 cm³/mol. The maximum absolute atomic E-state index is 6.10. The van der Waals surface area contributed by atoms with Gasteiger partial charge in [0.15, 0.2) is 5.96 Å². The van der Waals surface area contributed by atoms with Crippen molar-refractivity contribution in [3.05, 3.63) is 34.9 Å². The van der Waals surface area contributed by atoms with Crippen LogP contribution in [-0.4, -0.2) is 81.5 Å². The minimum Gasteiger partial charge on any atom is -0.379 e. The van der Waals surface area contributed by atoms with Crippen molar-refractivity contribution < 1.29 is 9.47 Å². The highest BCUT2D eigenvalue weighted by Crippen LogP contribution is 2.23. The van der Waals surface area contributed by atoms with Crippen LogP contribution in [0.1, 0.15) is 31.4 Å². The van der Waals surface area contributed by atoms with E-state index in [1.54, 1.807) is 0 Å². The molecule has 0 saturated carbocycles. The Kier molecular flexibility index (Phi) is 8.40. The zero-order valence-corrected chi connectivity index (χ0v) is 17.8. The van der Waals surface area contributed by atoms with Gasteiger partial charge in [0.2, 0.25) is 0 Å². The molecule has 3 rings (SSSR count). The first kappa shape index (κ1) is 21.4. The molecule has 0 bridgehead atoms. The van der Waals surface area contributed by atoms with E-state index in [1.807, 2.05) is 19.2 Å². The van der Waals surface area contributed by atoms with E-state index in [4.69, 9.17) is 21.1 Å². The zero-order valence-electron chi connectivity index (χ0n) is 17.1. The quantitative estimate of drug-likeness (QED) is 0.579. The molecule has 0 aliphatic carbocycles. The molecule has 1 atom stereocenters. The van der Waals surface area contributed by atoms with Gasteiger partial charge in [0.1, 0.15) is 0 Å². The summed E-state index contributed by atoms with van der Waals surface area (Å²) in [5.41, 5.74) is 1.27. The third-order valence-corrected chi connectivity index (χ3v) is 5.80. The van der Waals surface area contributed by atoms with Gasteiger partial charge >= 0.3 is 0 Å². The topological polar surface area (TPSA) is 49.3 Å². The summed E-state index contributed by atoms with van der Waals surface area (Å²) in [7, 11) is 1.86. The van der Waals surface area contributed by atoms with Gasteiger partial charge in [-0.15, -0.1) is 0 Å². The monoisotopic (exact) mass is 408 g/mol. The number of likely N-dealkylation sites (tertiary alicyclic amines) is 1. The molecule has 6 nitrogen and oxygen atoms in total. The van der Waals surface area contributed by atoms with Gasteiger partial charge in [0.25, 0.3) is 0 Å². The highest BCUT2D eigenvalue weighted by atomic mass is 35.5. The lowest BCUT2D eigenvalue weighted by Crippen LogP contribution is -2.50. The van der Waals surface area contributed by atoms with Crippen LogP contribution in [0.25, 0.3) is 0 Å². The number of nitrogens with one attached hydrogen (secondary N) is 1. The Morgan fingerprint density at radius 3 is 2.50 bits per heavy atom. The normalized spacial score (nSPS) is 21.0. The van der Waals surface area contributed by atoms with E-state index in [9.17, 15) is 0 Å². The number of morpholine rings is 1. The average molecular weight is 409 g/mol. The van der Waals surface area contributed by atoms with Crippen molar-refractivity contribution in [2.75, 3.05) is 59.6 Å². The summed E-state index contributed by atoms with van der Waals surface area (Å²) in [6.07, 6.45) is 2.49. The molecule has 1 N–H and O–H groups in total. The number of halogens is 1. The summed E-state index contributed by atoms with van der Waals surface area (Å²) in [6, 6.07) is 8.45. The second kappa shape index (κ2) is 11.0. The van der Waals surface area contributed by atoms with Crippen molar-refractivity contribution >= 4 is 17.6 Å². The fraction of sp³-hybridized carbons (Fsp3) is 0.667. The van der Waals surface area contributed by atoms with Crippen molar-refractivity contribution in [3.8, 4) is 0 Å². The number of hydrogen-bond acceptors (Lipinski definition) is 4. The molecule has 2 aliphatic heterocycles. The second-order valence-corrected chi connectivity index (χ2v) is 7.72. The highest BCUT2D eigenvalue weighted by Gasteiger charge is 2.25. The number of piperidine rings is 1. The van der Waals surface area contributed by atoms with E-state index in [1.165, 1.54) is 5.56 Å². The van der Waals surface area contributed by atoms with Crippen LogP contribution in [0.3, 0.4) is 0 Å². The summed E-state index contributed by atoms with van der Waals surface area (Å²) < 4.78 is 11.3. The molecule has 156 valence electrons. The van der Waals surface area contributed by atoms with E-state index in [-0.39, 0.29) is 6.04 Å². The maximum atomic E-state index is 6.10. The smallest absolute Gasteiger partial charge is 0.193 e. The Morgan fingerprint density at radius 2 is 1.89 bits per heavy atom. The molecule has 0 aromatic heterocycles. The van der Waals surface area contributed by atoms with E-state index in [0.717, 1.165) is 76.4 Å². The minimum atomic E-state index is 0.263. The van der Waals surface area contributed by atoms with Gasteiger partial charge < -0.3 is 19.7 Å². The molecule has 0 radical (unpaired) electrons. The van der Waals surface area contributed by atoms with Crippen LogP contribution in [0, 0.1) is 0 Å². The van der Waals surface area contributed by atoms with E-state index < -0.39 is 0 Å². The first-order valence-corrected chi connectivity index (χ1v) is 10.7. The van der Waals surface area contributed by atoms with Crippen LogP contribution in [0.2, 0.25) is 5.02 Å². The van der Waals surface area contributed by atoms with Gasteiger partial charge in [-0.1, -0.05) is 23.7 Å². The van der Waals surface area contributed by atoms with Crippen LogP contribution in [0.5, 0.6) is 0 Å². The SMILES string of the molecule is CCOC1CCN(C(=NC)NCC(c2ccc(Cl)cc2)N2CCOCC2)CC1. The fourth-order valence-corrected chi connectivity index (χ4v) is 4.15. The number of ether oxygens (including phenoxy) is 2. The van der Waals surface area contributed by atoms with Crippen molar-refractivity contribution in [1.29, 1.82) is 0 Å². The molecule has 0 spiro atoms. The van der Waals surface area contributed by atoms with Gasteiger partial charge in [-0.25, -0.2) is 0 Å². The van der Waals surface area contributed by atoms with Crippen LogP contribution in [-0.2, 0) is 9.47 Å². The lowest BCUT2D eigenvalue weighted by molar-refractivity contribution is 0.0163. The predicted octanol–water partition coefficient (Wildman–Crippen LogP) is 2.79. The Balaban J connectivity index is 1.62. The second-order valence-electron chi connectivity index (χ2n) is 7.29. The molecule has 2 aliphatic rings. The van der Waals surface area contributed by atoms with Crippen LogP contribution < -0.4 is 5.32 Å². The number of nitrogens with zero attached hydrogens (tertiary/aromatic N) is 3. The molecule has 0 amide bonds. The van der Waals surface area contributed by atoms with E-state index in [0.29, 0.717) is 6.10 Å². The van der Waals surface area contributed by atoms with Gasteiger partial charge in [0.05, 0.1) is 25.4 Å². The van der Waals surface area contributed by atoms with Crippen LogP contribution in [0.15, 0.2) is 29.3 Å². The minimum absolute atomic E-state index is 0.263. The Hall–Kier alpha value is -1.34. The standard InChI is InChI=1S/C21H33ClN4O2/c1-3-28-19-8-10-26(11-9-19)21(23-2)24-16-20(25-12-14-27-15-13-25)17-4-6-18(22)7-5-17/h4-7,19-20H,3,8-16H2,1-2H3,(H,23,24). The van der Waals surface area contributed by atoms with Gasteiger partial charge in [0, 0.05) is 51.4 Å². The molecule has 28 heavy (non-hydrogen) atoms. The third kappa shape index (κ3) is 5.83. The molecular weight excluding hydrogens is 376 g/mol. The molecule has 2 fully saturated rings. The first-order valence-electron chi connectivity index (χ1n) is 10.4. The summed E-state index contributed by atoms with van der Waals surface area (Å²) in [4.78, 5) is 9.36. The molecule has 2 heterocycles. The maximum Gasteiger partial charge on any atom is 0.193 e. The molecule has 1 unspecified atom stereocenters. The van der Waals surface area contributed by atoms with Crippen LogP contribution in [0.4, 0.5) is 0 Å². The van der Waals surface area contributed by atoms with Gasteiger partial charge in [-0.2, -0.15) is 0 Å². The fourth-order valence-electron chi connectivity index (χ4n) is 4.02. The summed E-state index contributed by atoms with van der Waals surface area (Å²) in [5, 5.41) is 4.39. The van der Waals surface area contributed by atoms with E-state index >= 15 is 0 Å². The number of guanidine groups is 1. The summed E-state index contributed by atoms with van der Waals surface area (Å²) >= 11 is 6.10. The lowest BCUT2D eigenvalue weighted by Gasteiger charge is -2.37. The first-order chi connectivity index (χ1) is 13.7. The number of benzene rings is 1. The van der Waals surface area contributed by atoms with E-state index in [2.05, 4.69) is 39.2 Å².